The number of halogens is 1. The Bertz CT molecular complexity index is 998. The monoisotopic (exact) mass is 344 g/mol. The molecule has 114 valence electrons. The van der Waals surface area contributed by atoms with Crippen molar-refractivity contribution < 1.29 is 4.42 Å². The van der Waals surface area contributed by atoms with Gasteiger partial charge in [0.25, 0.3) is 5.22 Å². The van der Waals surface area contributed by atoms with E-state index in [-0.39, 0.29) is 0 Å². The number of aromatic nitrogens is 6. The lowest BCUT2D eigenvalue weighted by molar-refractivity contribution is 0.466. The van der Waals surface area contributed by atoms with Crippen molar-refractivity contribution in [1.29, 1.82) is 0 Å². The molecule has 0 fully saturated rings. The second-order valence-electron chi connectivity index (χ2n) is 4.64. The molecule has 0 spiro atoms. The van der Waals surface area contributed by atoms with Gasteiger partial charge >= 0.3 is 0 Å². The Labute approximate surface area is 139 Å². The summed E-state index contributed by atoms with van der Waals surface area (Å²) in [5, 5.41) is 14.7. The van der Waals surface area contributed by atoms with Gasteiger partial charge < -0.3 is 4.42 Å². The van der Waals surface area contributed by atoms with E-state index in [1.807, 2.05) is 25.2 Å². The third-order valence-corrected chi connectivity index (χ3v) is 4.38. The van der Waals surface area contributed by atoms with Crippen LogP contribution in [0.15, 0.2) is 51.5 Å². The number of hydrogen-bond donors (Lipinski definition) is 0. The first-order valence-electron chi connectivity index (χ1n) is 6.61. The number of aryl methyl sites for hydroxylation is 1. The Morgan fingerprint density at radius 1 is 1.17 bits per heavy atom. The summed E-state index contributed by atoms with van der Waals surface area (Å²) >= 11 is 7.41. The molecule has 0 saturated carbocycles. The zero-order valence-corrected chi connectivity index (χ0v) is 13.4. The highest BCUT2D eigenvalue weighted by atomic mass is 35.5. The van der Waals surface area contributed by atoms with Crippen LogP contribution in [0.25, 0.3) is 22.5 Å². The highest BCUT2D eigenvalue weighted by molar-refractivity contribution is 7.99. The van der Waals surface area contributed by atoms with Crippen molar-refractivity contribution >= 4 is 34.4 Å². The van der Waals surface area contributed by atoms with E-state index in [4.69, 9.17) is 16.0 Å². The third kappa shape index (κ3) is 2.55. The summed E-state index contributed by atoms with van der Waals surface area (Å²) in [5.41, 5.74) is 1.44. The van der Waals surface area contributed by atoms with Crippen LogP contribution in [0.2, 0.25) is 5.02 Å². The second-order valence-corrected chi connectivity index (χ2v) is 5.99. The molecule has 3 heterocycles. The second kappa shape index (κ2) is 5.64. The zero-order chi connectivity index (χ0) is 15.8. The third-order valence-electron chi connectivity index (χ3n) is 3.19. The standard InChI is InChI=1S/C14H9ClN6OS/c1-21-11-9(6-18-21)13(17-7-16-11)23-14-20-19-12(22-14)8-4-2-3-5-10(8)15/h2-7H,1H3. The van der Waals surface area contributed by atoms with Crippen LogP contribution in [-0.2, 0) is 7.05 Å². The van der Waals surface area contributed by atoms with Gasteiger partial charge in [-0.1, -0.05) is 23.7 Å². The van der Waals surface area contributed by atoms with Gasteiger partial charge in [-0.05, 0) is 23.9 Å². The Morgan fingerprint density at radius 3 is 2.91 bits per heavy atom. The highest BCUT2D eigenvalue weighted by Crippen LogP contribution is 2.33. The molecule has 0 atom stereocenters. The van der Waals surface area contributed by atoms with Crippen LogP contribution in [0, 0.1) is 0 Å². The van der Waals surface area contributed by atoms with Gasteiger partial charge in [-0.15, -0.1) is 10.2 Å². The van der Waals surface area contributed by atoms with Crippen LogP contribution in [0.3, 0.4) is 0 Å². The minimum absolute atomic E-state index is 0.370. The van der Waals surface area contributed by atoms with Crippen LogP contribution in [0.1, 0.15) is 0 Å². The molecule has 0 amide bonds. The summed E-state index contributed by atoms with van der Waals surface area (Å²) in [6.45, 7) is 0. The summed E-state index contributed by atoms with van der Waals surface area (Å²) in [7, 11) is 1.83. The average molecular weight is 345 g/mol. The summed E-state index contributed by atoms with van der Waals surface area (Å²) in [4.78, 5) is 8.46. The summed E-state index contributed by atoms with van der Waals surface area (Å²) in [6.07, 6.45) is 3.20. The molecular formula is C14H9ClN6OS. The zero-order valence-electron chi connectivity index (χ0n) is 11.8. The maximum atomic E-state index is 6.14. The van der Waals surface area contributed by atoms with E-state index < -0.39 is 0 Å². The topological polar surface area (TPSA) is 82.5 Å². The number of benzene rings is 1. The van der Waals surface area contributed by atoms with Crippen LogP contribution in [0.5, 0.6) is 0 Å². The lowest BCUT2D eigenvalue weighted by atomic mass is 10.2. The van der Waals surface area contributed by atoms with E-state index in [9.17, 15) is 0 Å². The minimum Gasteiger partial charge on any atom is -0.411 e. The smallest absolute Gasteiger partial charge is 0.283 e. The fraction of sp³-hybridized carbons (Fsp3) is 0.0714. The van der Waals surface area contributed by atoms with E-state index in [0.29, 0.717) is 26.7 Å². The number of hydrogen-bond acceptors (Lipinski definition) is 7. The molecule has 4 rings (SSSR count). The molecule has 4 aromatic rings. The number of rotatable bonds is 3. The average Bonchev–Trinajstić information content (AvgIpc) is 3.16. The Balaban J connectivity index is 1.69. The van der Waals surface area contributed by atoms with E-state index in [0.717, 1.165) is 11.0 Å². The molecule has 0 aliphatic rings. The molecule has 0 aliphatic heterocycles. The minimum atomic E-state index is 0.370. The van der Waals surface area contributed by atoms with Crippen molar-refractivity contribution in [3.8, 4) is 11.5 Å². The molecule has 9 heteroatoms. The first-order valence-corrected chi connectivity index (χ1v) is 7.81. The first kappa shape index (κ1) is 14.2. The lowest BCUT2D eigenvalue weighted by Gasteiger charge is -1.98. The molecule has 23 heavy (non-hydrogen) atoms. The Kier molecular flexibility index (Phi) is 3.47. The highest BCUT2D eigenvalue weighted by Gasteiger charge is 2.15. The molecular weight excluding hydrogens is 336 g/mol. The fourth-order valence-electron chi connectivity index (χ4n) is 2.10. The molecule has 0 aliphatic carbocycles. The van der Waals surface area contributed by atoms with Crippen molar-refractivity contribution in [3.63, 3.8) is 0 Å². The molecule has 0 radical (unpaired) electrons. The fourth-order valence-corrected chi connectivity index (χ4v) is 3.04. The van der Waals surface area contributed by atoms with Crippen LogP contribution in [-0.4, -0.2) is 29.9 Å². The van der Waals surface area contributed by atoms with E-state index in [1.165, 1.54) is 18.1 Å². The lowest BCUT2D eigenvalue weighted by Crippen LogP contribution is -1.92. The largest absolute Gasteiger partial charge is 0.411 e. The molecule has 3 aromatic heterocycles. The molecule has 0 N–H and O–H groups in total. The molecule has 0 saturated heterocycles. The Hall–Kier alpha value is -2.45. The van der Waals surface area contributed by atoms with Crippen LogP contribution < -0.4 is 0 Å². The van der Waals surface area contributed by atoms with Gasteiger partial charge in [-0.25, -0.2) is 9.97 Å². The molecule has 0 bridgehead atoms. The first-order chi connectivity index (χ1) is 11.2. The number of fused-ring (bicyclic) bond motifs is 1. The predicted molar refractivity (Wildman–Crippen MR) is 85.2 cm³/mol. The molecule has 1 aromatic carbocycles. The maximum Gasteiger partial charge on any atom is 0.283 e. The summed E-state index contributed by atoms with van der Waals surface area (Å²) < 4.78 is 7.36. The number of nitrogens with zero attached hydrogens (tertiary/aromatic N) is 6. The van der Waals surface area contributed by atoms with Crippen molar-refractivity contribution in [1.82, 2.24) is 29.9 Å². The summed E-state index contributed by atoms with van der Waals surface area (Å²) in [5.74, 6) is 0.370. The van der Waals surface area contributed by atoms with Gasteiger partial charge in [0.1, 0.15) is 11.4 Å². The van der Waals surface area contributed by atoms with Crippen LogP contribution in [0.4, 0.5) is 0 Å². The van der Waals surface area contributed by atoms with E-state index in [1.54, 1.807) is 16.9 Å². The SMILES string of the molecule is Cn1ncc2c(Sc3nnc(-c4ccccc4Cl)o3)ncnc21. The van der Waals surface area contributed by atoms with Gasteiger partial charge in [-0.3, -0.25) is 4.68 Å². The molecule has 0 unspecified atom stereocenters. The van der Waals surface area contributed by atoms with Gasteiger partial charge in [-0.2, -0.15) is 5.10 Å². The van der Waals surface area contributed by atoms with Gasteiger partial charge in [0.2, 0.25) is 5.89 Å². The van der Waals surface area contributed by atoms with Gasteiger partial charge in [0, 0.05) is 7.05 Å². The van der Waals surface area contributed by atoms with Crippen molar-refractivity contribution in [2.45, 2.75) is 10.2 Å². The quantitative estimate of drug-likeness (QED) is 0.527. The summed E-state index contributed by atoms with van der Waals surface area (Å²) in [6, 6.07) is 7.31. The van der Waals surface area contributed by atoms with Crippen molar-refractivity contribution in [2.75, 3.05) is 0 Å². The van der Waals surface area contributed by atoms with Crippen LogP contribution >= 0.6 is 23.4 Å². The van der Waals surface area contributed by atoms with E-state index in [2.05, 4.69) is 25.3 Å². The van der Waals surface area contributed by atoms with Crippen molar-refractivity contribution in [3.05, 3.63) is 41.8 Å². The normalized spacial score (nSPS) is 11.2. The predicted octanol–water partition coefficient (Wildman–Crippen LogP) is 3.22. The Morgan fingerprint density at radius 2 is 2.04 bits per heavy atom. The molecule has 7 nitrogen and oxygen atoms in total. The van der Waals surface area contributed by atoms with Gasteiger partial charge in [0.05, 0.1) is 22.2 Å². The maximum absolute atomic E-state index is 6.14. The van der Waals surface area contributed by atoms with Gasteiger partial charge in [0.15, 0.2) is 5.65 Å². The van der Waals surface area contributed by atoms with Crippen molar-refractivity contribution in [2.24, 2.45) is 7.05 Å². The van der Waals surface area contributed by atoms with E-state index >= 15 is 0 Å².